The van der Waals surface area contributed by atoms with E-state index in [0.29, 0.717) is 0 Å². The SMILES string of the molecule is Cn1cc(-c2cc3nn(C)cc3cc2Sc2ncn[nH]2)cn1. The van der Waals surface area contributed by atoms with Crippen LogP contribution in [0.1, 0.15) is 0 Å². The predicted molar refractivity (Wildman–Crippen MR) is 83.4 cm³/mol. The Hall–Kier alpha value is -2.61. The fourth-order valence-electron chi connectivity index (χ4n) is 2.39. The Morgan fingerprint density at radius 3 is 2.77 bits per heavy atom. The Morgan fingerprint density at radius 1 is 1.14 bits per heavy atom. The van der Waals surface area contributed by atoms with E-state index in [-0.39, 0.29) is 0 Å². The number of hydrogen-bond donors (Lipinski definition) is 1. The second-order valence-corrected chi connectivity index (χ2v) is 6.04. The molecule has 1 aromatic carbocycles. The molecule has 0 unspecified atom stereocenters. The second-order valence-electron chi connectivity index (χ2n) is 5.01. The fourth-order valence-corrected chi connectivity index (χ4v) is 3.27. The zero-order valence-corrected chi connectivity index (χ0v) is 12.9. The van der Waals surface area contributed by atoms with Crippen LogP contribution in [0.2, 0.25) is 0 Å². The van der Waals surface area contributed by atoms with E-state index in [1.165, 1.54) is 6.33 Å². The highest BCUT2D eigenvalue weighted by Gasteiger charge is 2.13. The van der Waals surface area contributed by atoms with Gasteiger partial charge >= 0.3 is 0 Å². The Morgan fingerprint density at radius 2 is 2.05 bits per heavy atom. The Labute approximate surface area is 130 Å². The lowest BCUT2D eigenvalue weighted by atomic mass is 10.1. The van der Waals surface area contributed by atoms with Crippen molar-refractivity contribution in [3.8, 4) is 11.1 Å². The highest BCUT2D eigenvalue weighted by atomic mass is 32.2. The van der Waals surface area contributed by atoms with Crippen LogP contribution >= 0.6 is 11.8 Å². The molecule has 0 aliphatic rings. The smallest absolute Gasteiger partial charge is 0.188 e. The van der Waals surface area contributed by atoms with Gasteiger partial charge in [-0.1, -0.05) is 0 Å². The van der Waals surface area contributed by atoms with Crippen molar-refractivity contribution in [2.75, 3.05) is 0 Å². The maximum atomic E-state index is 4.49. The molecule has 4 aromatic rings. The Bertz CT molecular complexity index is 936. The maximum absolute atomic E-state index is 4.49. The molecule has 0 atom stereocenters. The molecule has 0 spiro atoms. The van der Waals surface area contributed by atoms with Crippen molar-refractivity contribution in [3.63, 3.8) is 0 Å². The lowest BCUT2D eigenvalue weighted by Crippen LogP contribution is -1.86. The average Bonchev–Trinajstić information content (AvgIpc) is 3.18. The van der Waals surface area contributed by atoms with E-state index in [4.69, 9.17) is 0 Å². The first-order chi connectivity index (χ1) is 10.7. The van der Waals surface area contributed by atoms with Gasteiger partial charge in [0.1, 0.15) is 6.33 Å². The fraction of sp³-hybridized carbons (Fsp3) is 0.143. The summed E-state index contributed by atoms with van der Waals surface area (Å²) in [6.45, 7) is 0. The van der Waals surface area contributed by atoms with Gasteiger partial charge in [-0.3, -0.25) is 14.5 Å². The van der Waals surface area contributed by atoms with E-state index in [2.05, 4.69) is 37.5 Å². The number of nitrogens with zero attached hydrogens (tertiary/aromatic N) is 6. The number of fused-ring (bicyclic) bond motifs is 1. The third kappa shape index (κ3) is 2.27. The maximum Gasteiger partial charge on any atom is 0.188 e. The largest absolute Gasteiger partial charge is 0.275 e. The van der Waals surface area contributed by atoms with Crippen LogP contribution < -0.4 is 0 Å². The highest BCUT2D eigenvalue weighted by molar-refractivity contribution is 7.99. The minimum Gasteiger partial charge on any atom is -0.275 e. The van der Waals surface area contributed by atoms with Crippen molar-refractivity contribution in [2.24, 2.45) is 14.1 Å². The molecule has 8 heteroatoms. The number of rotatable bonds is 3. The molecule has 0 fully saturated rings. The molecule has 7 nitrogen and oxygen atoms in total. The van der Waals surface area contributed by atoms with Crippen LogP contribution in [0, 0.1) is 0 Å². The molecule has 0 saturated carbocycles. The standard InChI is InChI=1S/C14H13N7S/c1-20-7-10(5-17-20)11-4-12-9(6-21(2)19-12)3-13(11)22-14-15-8-16-18-14/h3-8H,1-2H3,(H,15,16,18). The number of aromatic nitrogens is 7. The molecule has 1 N–H and O–H groups in total. The lowest BCUT2D eigenvalue weighted by Gasteiger charge is -2.06. The molecular formula is C14H13N7S. The molecular weight excluding hydrogens is 298 g/mol. The Balaban J connectivity index is 1.90. The van der Waals surface area contributed by atoms with Gasteiger partial charge in [0.05, 0.1) is 11.7 Å². The molecule has 3 aromatic heterocycles. The topological polar surface area (TPSA) is 77.2 Å². The van der Waals surface area contributed by atoms with E-state index in [1.807, 2.05) is 37.4 Å². The minimum absolute atomic E-state index is 0.758. The summed E-state index contributed by atoms with van der Waals surface area (Å²) in [5.74, 6) is 0. The monoisotopic (exact) mass is 311 g/mol. The van der Waals surface area contributed by atoms with Crippen LogP contribution in [-0.4, -0.2) is 34.7 Å². The molecule has 110 valence electrons. The average molecular weight is 311 g/mol. The van der Waals surface area contributed by atoms with Crippen LogP contribution in [0.15, 0.2) is 47.1 Å². The number of nitrogens with one attached hydrogen (secondary N) is 1. The van der Waals surface area contributed by atoms with E-state index < -0.39 is 0 Å². The molecule has 0 aliphatic heterocycles. The van der Waals surface area contributed by atoms with E-state index in [1.54, 1.807) is 16.4 Å². The summed E-state index contributed by atoms with van der Waals surface area (Å²) in [6, 6.07) is 4.21. The van der Waals surface area contributed by atoms with Gasteiger partial charge in [0, 0.05) is 47.9 Å². The zero-order chi connectivity index (χ0) is 15.1. The third-order valence-corrected chi connectivity index (χ3v) is 4.28. The summed E-state index contributed by atoms with van der Waals surface area (Å²) in [4.78, 5) is 5.28. The first kappa shape index (κ1) is 13.1. The van der Waals surface area contributed by atoms with Crippen molar-refractivity contribution in [1.82, 2.24) is 34.7 Å². The highest BCUT2D eigenvalue weighted by Crippen LogP contribution is 2.36. The number of aromatic amines is 1. The van der Waals surface area contributed by atoms with Gasteiger partial charge < -0.3 is 0 Å². The first-order valence-electron chi connectivity index (χ1n) is 6.69. The number of hydrogen-bond acceptors (Lipinski definition) is 5. The van der Waals surface area contributed by atoms with Gasteiger partial charge in [0.2, 0.25) is 0 Å². The summed E-state index contributed by atoms with van der Waals surface area (Å²) in [5, 5.41) is 17.4. The second kappa shape index (κ2) is 4.99. The van der Waals surface area contributed by atoms with Gasteiger partial charge in [-0.15, -0.1) is 0 Å². The molecule has 0 aliphatic carbocycles. The van der Waals surface area contributed by atoms with Gasteiger partial charge in [-0.2, -0.15) is 15.3 Å². The summed E-state index contributed by atoms with van der Waals surface area (Å²) in [7, 11) is 3.83. The third-order valence-electron chi connectivity index (χ3n) is 3.34. The molecule has 4 rings (SSSR count). The van der Waals surface area contributed by atoms with Gasteiger partial charge in [-0.05, 0) is 23.9 Å². The van der Waals surface area contributed by atoms with E-state index >= 15 is 0 Å². The van der Waals surface area contributed by atoms with Crippen molar-refractivity contribution >= 4 is 22.7 Å². The van der Waals surface area contributed by atoms with Crippen molar-refractivity contribution in [2.45, 2.75) is 10.1 Å². The summed E-state index contributed by atoms with van der Waals surface area (Å²) in [6.07, 6.45) is 7.37. The van der Waals surface area contributed by atoms with Crippen LogP contribution in [0.4, 0.5) is 0 Å². The van der Waals surface area contributed by atoms with Crippen LogP contribution in [0.5, 0.6) is 0 Å². The van der Waals surface area contributed by atoms with Gasteiger partial charge in [0.25, 0.3) is 0 Å². The minimum atomic E-state index is 0.758. The summed E-state index contributed by atoms with van der Waals surface area (Å²) in [5.41, 5.74) is 3.10. The van der Waals surface area contributed by atoms with Crippen molar-refractivity contribution in [3.05, 3.63) is 37.1 Å². The molecule has 0 saturated heterocycles. The normalized spacial score (nSPS) is 11.4. The van der Waals surface area contributed by atoms with Crippen molar-refractivity contribution < 1.29 is 0 Å². The van der Waals surface area contributed by atoms with Gasteiger partial charge in [0.15, 0.2) is 5.16 Å². The molecule has 0 bridgehead atoms. The van der Waals surface area contributed by atoms with Crippen LogP contribution in [0.3, 0.4) is 0 Å². The number of H-pyrrole nitrogens is 1. The number of benzene rings is 1. The quantitative estimate of drug-likeness (QED) is 0.628. The first-order valence-corrected chi connectivity index (χ1v) is 7.50. The lowest BCUT2D eigenvalue weighted by molar-refractivity contribution is 0.768. The van der Waals surface area contributed by atoms with E-state index in [9.17, 15) is 0 Å². The van der Waals surface area contributed by atoms with Crippen LogP contribution in [0.25, 0.3) is 22.0 Å². The van der Waals surface area contributed by atoms with Gasteiger partial charge in [-0.25, -0.2) is 4.98 Å². The molecule has 3 heterocycles. The van der Waals surface area contributed by atoms with E-state index in [0.717, 1.165) is 32.1 Å². The molecule has 0 amide bonds. The molecule has 22 heavy (non-hydrogen) atoms. The molecule has 0 radical (unpaired) electrons. The predicted octanol–water partition coefficient (Wildman–Crippen LogP) is 2.24. The summed E-state index contributed by atoms with van der Waals surface area (Å²) >= 11 is 1.55. The van der Waals surface area contributed by atoms with Crippen LogP contribution in [-0.2, 0) is 14.1 Å². The number of aryl methyl sites for hydroxylation is 2. The summed E-state index contributed by atoms with van der Waals surface area (Å²) < 4.78 is 3.61. The zero-order valence-electron chi connectivity index (χ0n) is 12.1. The Kier molecular flexibility index (Phi) is 2.97. The van der Waals surface area contributed by atoms with Crippen molar-refractivity contribution in [1.29, 1.82) is 0 Å².